The number of carbonyl (C=O) groups excluding carboxylic acids is 1. The third kappa shape index (κ3) is 3.29. The predicted octanol–water partition coefficient (Wildman–Crippen LogP) is 1.86. The summed E-state index contributed by atoms with van der Waals surface area (Å²) in [5.41, 5.74) is 0. The van der Waals surface area contributed by atoms with Crippen LogP contribution in [0.15, 0.2) is 0 Å². The Balaban J connectivity index is 2.32. The first-order valence-electron chi connectivity index (χ1n) is 5.70. The molecule has 0 amide bonds. The first-order valence-corrected chi connectivity index (χ1v) is 5.70. The second kappa shape index (κ2) is 6.02. The molecule has 82 valence electrons. The van der Waals surface area contributed by atoms with Gasteiger partial charge in [0.25, 0.3) is 0 Å². The molecule has 1 unspecified atom stereocenters. The molecule has 14 heavy (non-hydrogen) atoms. The minimum absolute atomic E-state index is 0.0785. The van der Waals surface area contributed by atoms with E-state index in [0.717, 1.165) is 12.8 Å². The summed E-state index contributed by atoms with van der Waals surface area (Å²) in [5, 5.41) is 3.36. The van der Waals surface area contributed by atoms with Crippen molar-refractivity contribution in [2.24, 2.45) is 0 Å². The van der Waals surface area contributed by atoms with Crippen molar-refractivity contribution >= 4 is 5.97 Å². The van der Waals surface area contributed by atoms with Crippen molar-refractivity contribution < 1.29 is 9.53 Å². The highest BCUT2D eigenvalue weighted by molar-refractivity contribution is 5.75. The first-order chi connectivity index (χ1) is 6.77. The number of rotatable bonds is 6. The SMILES string of the molecule is CCCC(NC1CCC1)C(=O)OCC. The van der Waals surface area contributed by atoms with Crippen LogP contribution in [0.5, 0.6) is 0 Å². The number of hydrogen-bond donors (Lipinski definition) is 1. The van der Waals surface area contributed by atoms with E-state index < -0.39 is 0 Å². The minimum Gasteiger partial charge on any atom is -0.465 e. The zero-order valence-corrected chi connectivity index (χ0v) is 9.21. The molecular weight excluding hydrogens is 178 g/mol. The molecule has 1 aliphatic carbocycles. The van der Waals surface area contributed by atoms with Gasteiger partial charge in [0.15, 0.2) is 0 Å². The van der Waals surface area contributed by atoms with Gasteiger partial charge in [0, 0.05) is 6.04 Å². The average Bonchev–Trinajstić information content (AvgIpc) is 2.09. The van der Waals surface area contributed by atoms with E-state index in [9.17, 15) is 4.79 Å². The van der Waals surface area contributed by atoms with Gasteiger partial charge in [-0.2, -0.15) is 0 Å². The highest BCUT2D eigenvalue weighted by Gasteiger charge is 2.25. The fourth-order valence-corrected chi connectivity index (χ4v) is 1.66. The molecule has 3 heteroatoms. The first kappa shape index (κ1) is 11.5. The van der Waals surface area contributed by atoms with Gasteiger partial charge in [0.05, 0.1) is 6.61 Å². The Morgan fingerprint density at radius 3 is 2.64 bits per heavy atom. The molecule has 0 spiro atoms. The summed E-state index contributed by atoms with van der Waals surface area (Å²) < 4.78 is 5.02. The maximum atomic E-state index is 11.5. The van der Waals surface area contributed by atoms with Gasteiger partial charge in [0.1, 0.15) is 6.04 Å². The van der Waals surface area contributed by atoms with E-state index in [1.165, 1.54) is 19.3 Å². The molecule has 1 aliphatic rings. The Bertz CT molecular complexity index is 178. The fraction of sp³-hybridized carbons (Fsp3) is 0.909. The Labute approximate surface area is 86.2 Å². The van der Waals surface area contributed by atoms with Crippen LogP contribution in [0.1, 0.15) is 46.0 Å². The quantitative estimate of drug-likeness (QED) is 0.664. The van der Waals surface area contributed by atoms with Gasteiger partial charge in [-0.05, 0) is 26.2 Å². The van der Waals surface area contributed by atoms with Crippen molar-refractivity contribution in [3.63, 3.8) is 0 Å². The summed E-state index contributed by atoms with van der Waals surface area (Å²) in [6.45, 7) is 4.42. The smallest absolute Gasteiger partial charge is 0.323 e. The number of ether oxygens (including phenoxy) is 1. The Kier molecular flexibility index (Phi) is 4.94. The largest absolute Gasteiger partial charge is 0.465 e. The van der Waals surface area contributed by atoms with E-state index in [2.05, 4.69) is 12.2 Å². The normalized spacial score (nSPS) is 18.7. The lowest BCUT2D eigenvalue weighted by atomic mass is 9.92. The molecule has 0 radical (unpaired) electrons. The maximum absolute atomic E-state index is 11.5. The summed E-state index contributed by atoms with van der Waals surface area (Å²) in [4.78, 5) is 11.5. The predicted molar refractivity (Wildman–Crippen MR) is 56.1 cm³/mol. The topological polar surface area (TPSA) is 38.3 Å². The lowest BCUT2D eigenvalue weighted by Crippen LogP contribution is -2.47. The molecular formula is C11H21NO2. The molecule has 1 fully saturated rings. The molecule has 1 N–H and O–H groups in total. The third-order valence-electron chi connectivity index (χ3n) is 2.69. The summed E-state index contributed by atoms with van der Waals surface area (Å²) >= 11 is 0. The maximum Gasteiger partial charge on any atom is 0.323 e. The second-order valence-corrected chi connectivity index (χ2v) is 3.89. The standard InChI is InChI=1S/C11H21NO2/c1-3-6-10(11(13)14-4-2)12-9-7-5-8-9/h9-10,12H,3-8H2,1-2H3. The minimum atomic E-state index is -0.0822. The monoisotopic (exact) mass is 199 g/mol. The number of nitrogens with one attached hydrogen (secondary N) is 1. The highest BCUT2D eigenvalue weighted by Crippen LogP contribution is 2.19. The van der Waals surface area contributed by atoms with E-state index >= 15 is 0 Å². The van der Waals surface area contributed by atoms with Gasteiger partial charge >= 0.3 is 5.97 Å². The van der Waals surface area contributed by atoms with Gasteiger partial charge in [-0.15, -0.1) is 0 Å². The van der Waals surface area contributed by atoms with Crippen LogP contribution in [0, 0.1) is 0 Å². The molecule has 0 aliphatic heterocycles. The molecule has 0 saturated heterocycles. The Hall–Kier alpha value is -0.570. The molecule has 0 aromatic heterocycles. The molecule has 0 aromatic carbocycles. The van der Waals surface area contributed by atoms with Crippen molar-refractivity contribution in [3.05, 3.63) is 0 Å². The van der Waals surface area contributed by atoms with Crippen LogP contribution >= 0.6 is 0 Å². The third-order valence-corrected chi connectivity index (χ3v) is 2.69. The van der Waals surface area contributed by atoms with Crippen LogP contribution in [-0.4, -0.2) is 24.7 Å². The van der Waals surface area contributed by atoms with E-state index in [-0.39, 0.29) is 12.0 Å². The number of hydrogen-bond acceptors (Lipinski definition) is 3. The van der Waals surface area contributed by atoms with E-state index in [1.54, 1.807) is 0 Å². The van der Waals surface area contributed by atoms with Crippen molar-refractivity contribution in [1.29, 1.82) is 0 Å². The highest BCUT2D eigenvalue weighted by atomic mass is 16.5. The summed E-state index contributed by atoms with van der Waals surface area (Å²) in [7, 11) is 0. The van der Waals surface area contributed by atoms with Crippen molar-refractivity contribution in [3.8, 4) is 0 Å². The van der Waals surface area contributed by atoms with Gasteiger partial charge in [0.2, 0.25) is 0 Å². The van der Waals surface area contributed by atoms with Gasteiger partial charge < -0.3 is 10.1 Å². The van der Waals surface area contributed by atoms with Crippen LogP contribution in [0.2, 0.25) is 0 Å². The zero-order valence-electron chi connectivity index (χ0n) is 9.21. The zero-order chi connectivity index (χ0) is 10.4. The van der Waals surface area contributed by atoms with E-state index in [1.807, 2.05) is 6.92 Å². The number of esters is 1. The van der Waals surface area contributed by atoms with E-state index in [0.29, 0.717) is 12.6 Å². The molecule has 1 saturated carbocycles. The van der Waals surface area contributed by atoms with E-state index in [4.69, 9.17) is 4.74 Å². The van der Waals surface area contributed by atoms with Crippen LogP contribution in [0.3, 0.4) is 0 Å². The molecule has 1 rings (SSSR count). The van der Waals surface area contributed by atoms with Gasteiger partial charge in [-0.1, -0.05) is 19.8 Å². The van der Waals surface area contributed by atoms with Crippen molar-refractivity contribution in [1.82, 2.24) is 5.32 Å². The lowest BCUT2D eigenvalue weighted by molar-refractivity contribution is -0.146. The Morgan fingerprint density at radius 1 is 1.50 bits per heavy atom. The summed E-state index contributed by atoms with van der Waals surface area (Å²) in [5.74, 6) is -0.0822. The van der Waals surface area contributed by atoms with Gasteiger partial charge in [-0.25, -0.2) is 0 Å². The summed E-state index contributed by atoms with van der Waals surface area (Å²) in [6.07, 6.45) is 5.61. The summed E-state index contributed by atoms with van der Waals surface area (Å²) in [6, 6.07) is 0.473. The van der Waals surface area contributed by atoms with Crippen LogP contribution in [0.4, 0.5) is 0 Å². The Morgan fingerprint density at radius 2 is 2.21 bits per heavy atom. The molecule has 0 aromatic rings. The van der Waals surface area contributed by atoms with Crippen molar-refractivity contribution in [2.45, 2.75) is 58.0 Å². The molecule has 0 heterocycles. The fourth-order valence-electron chi connectivity index (χ4n) is 1.66. The average molecular weight is 199 g/mol. The second-order valence-electron chi connectivity index (χ2n) is 3.89. The van der Waals surface area contributed by atoms with Crippen LogP contribution < -0.4 is 5.32 Å². The van der Waals surface area contributed by atoms with Crippen molar-refractivity contribution in [2.75, 3.05) is 6.61 Å². The number of carbonyl (C=O) groups is 1. The van der Waals surface area contributed by atoms with Crippen LogP contribution in [0.25, 0.3) is 0 Å². The van der Waals surface area contributed by atoms with Crippen LogP contribution in [-0.2, 0) is 9.53 Å². The molecule has 1 atom stereocenters. The molecule has 0 bridgehead atoms. The molecule has 3 nitrogen and oxygen atoms in total. The van der Waals surface area contributed by atoms with Gasteiger partial charge in [-0.3, -0.25) is 4.79 Å². The lowest BCUT2D eigenvalue weighted by Gasteiger charge is -2.30.